The van der Waals surface area contributed by atoms with Gasteiger partial charge >= 0.3 is 0 Å². The van der Waals surface area contributed by atoms with Crippen LogP contribution in [0.3, 0.4) is 0 Å². The Bertz CT molecular complexity index is 558. The van der Waals surface area contributed by atoms with E-state index in [0.29, 0.717) is 12.1 Å². The summed E-state index contributed by atoms with van der Waals surface area (Å²) in [5.41, 5.74) is 1.32. The Labute approximate surface area is 109 Å². The molecule has 0 saturated carbocycles. The number of aromatic hydroxyl groups is 1. The second-order valence-electron chi connectivity index (χ2n) is 3.71. The Morgan fingerprint density at radius 3 is 2.89 bits per heavy atom. The van der Waals surface area contributed by atoms with E-state index >= 15 is 0 Å². The van der Waals surface area contributed by atoms with Crippen molar-refractivity contribution in [1.82, 2.24) is 10.3 Å². The number of rotatable bonds is 3. The van der Waals surface area contributed by atoms with Crippen LogP contribution in [0.25, 0.3) is 0 Å². The summed E-state index contributed by atoms with van der Waals surface area (Å²) in [4.78, 5) is 15.8. The molecule has 0 aliphatic rings. The minimum Gasteiger partial charge on any atom is -0.506 e. The molecule has 2 rings (SSSR count). The first-order chi connectivity index (χ1) is 8.66. The van der Waals surface area contributed by atoms with E-state index in [1.54, 1.807) is 18.5 Å². The third-order valence-electron chi connectivity index (χ3n) is 2.39. The number of amides is 1. The first-order valence-corrected chi connectivity index (χ1v) is 5.70. The van der Waals surface area contributed by atoms with E-state index in [1.807, 2.05) is 6.07 Å². The zero-order valence-electron chi connectivity index (χ0n) is 9.43. The van der Waals surface area contributed by atoms with E-state index in [9.17, 15) is 9.90 Å². The number of hydrogen-bond donors (Lipinski definition) is 2. The van der Waals surface area contributed by atoms with Gasteiger partial charge in [0.1, 0.15) is 5.75 Å². The summed E-state index contributed by atoms with van der Waals surface area (Å²) >= 11 is 5.74. The number of phenols is 1. The maximum absolute atomic E-state index is 11.8. The fraction of sp³-hybridized carbons (Fsp3) is 0.0769. The van der Waals surface area contributed by atoms with Crippen LogP contribution >= 0.6 is 11.6 Å². The van der Waals surface area contributed by atoms with E-state index in [-0.39, 0.29) is 16.7 Å². The Balaban J connectivity index is 2.02. The number of halogens is 1. The van der Waals surface area contributed by atoms with Crippen molar-refractivity contribution in [2.24, 2.45) is 0 Å². The molecule has 0 fully saturated rings. The van der Waals surface area contributed by atoms with Crippen molar-refractivity contribution in [3.05, 3.63) is 58.9 Å². The number of benzene rings is 1. The van der Waals surface area contributed by atoms with Crippen molar-refractivity contribution in [2.75, 3.05) is 0 Å². The summed E-state index contributed by atoms with van der Waals surface area (Å²) in [7, 11) is 0. The van der Waals surface area contributed by atoms with Crippen molar-refractivity contribution in [1.29, 1.82) is 0 Å². The molecule has 92 valence electrons. The Hall–Kier alpha value is -2.07. The highest BCUT2D eigenvalue weighted by molar-refractivity contribution is 6.32. The SMILES string of the molecule is O=C(NCc1cccnc1)c1ccc(O)c(Cl)c1. The van der Waals surface area contributed by atoms with E-state index < -0.39 is 0 Å². The van der Waals surface area contributed by atoms with Gasteiger partial charge in [0.15, 0.2) is 0 Å². The molecule has 1 aromatic heterocycles. The molecule has 0 unspecified atom stereocenters. The number of carbonyl (C=O) groups excluding carboxylic acids is 1. The van der Waals surface area contributed by atoms with Crippen LogP contribution in [-0.2, 0) is 6.54 Å². The third kappa shape index (κ3) is 2.99. The lowest BCUT2D eigenvalue weighted by atomic mass is 10.2. The van der Waals surface area contributed by atoms with Gasteiger partial charge in [-0.15, -0.1) is 0 Å². The maximum atomic E-state index is 11.8. The van der Waals surface area contributed by atoms with Gasteiger partial charge in [-0.2, -0.15) is 0 Å². The molecule has 0 atom stereocenters. The Morgan fingerprint density at radius 2 is 2.22 bits per heavy atom. The summed E-state index contributed by atoms with van der Waals surface area (Å²) < 4.78 is 0. The van der Waals surface area contributed by atoms with Gasteiger partial charge in [-0.05, 0) is 29.8 Å². The molecule has 0 aliphatic heterocycles. The first-order valence-electron chi connectivity index (χ1n) is 5.32. The maximum Gasteiger partial charge on any atom is 0.251 e. The lowest BCUT2D eigenvalue weighted by Crippen LogP contribution is -2.22. The predicted octanol–water partition coefficient (Wildman–Crippen LogP) is 2.37. The second-order valence-corrected chi connectivity index (χ2v) is 4.12. The lowest BCUT2D eigenvalue weighted by molar-refractivity contribution is 0.0951. The van der Waals surface area contributed by atoms with Gasteiger partial charge in [0.2, 0.25) is 0 Å². The molecule has 0 aliphatic carbocycles. The van der Waals surface area contributed by atoms with Crippen LogP contribution in [0.1, 0.15) is 15.9 Å². The van der Waals surface area contributed by atoms with Crippen LogP contribution < -0.4 is 5.32 Å². The Morgan fingerprint density at radius 1 is 1.39 bits per heavy atom. The molecule has 2 aromatic rings. The molecule has 0 radical (unpaired) electrons. The molecule has 0 bridgehead atoms. The highest BCUT2D eigenvalue weighted by Gasteiger charge is 2.07. The fourth-order valence-corrected chi connectivity index (χ4v) is 1.62. The molecule has 1 aromatic carbocycles. The van der Waals surface area contributed by atoms with Crippen molar-refractivity contribution in [3.8, 4) is 5.75 Å². The molecule has 0 spiro atoms. The smallest absolute Gasteiger partial charge is 0.251 e. The fourth-order valence-electron chi connectivity index (χ4n) is 1.44. The predicted molar refractivity (Wildman–Crippen MR) is 68.5 cm³/mol. The molecule has 5 heteroatoms. The van der Waals surface area contributed by atoms with Crippen molar-refractivity contribution in [2.45, 2.75) is 6.54 Å². The van der Waals surface area contributed by atoms with Crippen LogP contribution in [0.2, 0.25) is 5.02 Å². The quantitative estimate of drug-likeness (QED) is 0.893. The van der Waals surface area contributed by atoms with Crippen LogP contribution in [0, 0.1) is 0 Å². The molecule has 4 nitrogen and oxygen atoms in total. The number of aromatic nitrogens is 1. The highest BCUT2D eigenvalue weighted by atomic mass is 35.5. The molecule has 1 heterocycles. The van der Waals surface area contributed by atoms with E-state index in [1.165, 1.54) is 18.2 Å². The number of carbonyl (C=O) groups is 1. The average Bonchev–Trinajstić information content (AvgIpc) is 2.40. The topological polar surface area (TPSA) is 62.2 Å². The lowest BCUT2D eigenvalue weighted by Gasteiger charge is -2.06. The normalized spacial score (nSPS) is 10.1. The molecule has 18 heavy (non-hydrogen) atoms. The minimum atomic E-state index is -0.249. The first kappa shape index (κ1) is 12.4. The van der Waals surface area contributed by atoms with Crippen molar-refractivity contribution in [3.63, 3.8) is 0 Å². The Kier molecular flexibility index (Phi) is 3.79. The van der Waals surface area contributed by atoms with Gasteiger partial charge in [0, 0.05) is 24.5 Å². The van der Waals surface area contributed by atoms with Crippen molar-refractivity contribution < 1.29 is 9.90 Å². The monoisotopic (exact) mass is 262 g/mol. The summed E-state index contributed by atoms with van der Waals surface area (Å²) in [6.45, 7) is 0.394. The van der Waals surface area contributed by atoms with Crippen molar-refractivity contribution >= 4 is 17.5 Å². The summed E-state index contributed by atoms with van der Waals surface area (Å²) in [6, 6.07) is 8.01. The van der Waals surface area contributed by atoms with Crippen LogP contribution in [0.5, 0.6) is 5.75 Å². The molecule has 0 saturated heterocycles. The summed E-state index contributed by atoms with van der Waals surface area (Å²) in [5, 5.41) is 12.2. The number of nitrogens with zero attached hydrogens (tertiary/aromatic N) is 1. The van der Waals surface area contributed by atoms with E-state index in [0.717, 1.165) is 5.56 Å². The molecule has 1 amide bonds. The van der Waals surface area contributed by atoms with Gasteiger partial charge in [-0.3, -0.25) is 9.78 Å². The summed E-state index contributed by atoms with van der Waals surface area (Å²) in [6.07, 6.45) is 3.36. The summed E-state index contributed by atoms with van der Waals surface area (Å²) in [5.74, 6) is -0.291. The van der Waals surface area contributed by atoms with Gasteiger partial charge in [0.25, 0.3) is 5.91 Å². The van der Waals surface area contributed by atoms with Gasteiger partial charge in [0.05, 0.1) is 5.02 Å². The van der Waals surface area contributed by atoms with E-state index in [4.69, 9.17) is 11.6 Å². The van der Waals surface area contributed by atoms with E-state index in [2.05, 4.69) is 10.3 Å². The standard InChI is InChI=1S/C13H11ClN2O2/c14-11-6-10(3-4-12(11)17)13(18)16-8-9-2-1-5-15-7-9/h1-7,17H,8H2,(H,16,18). The van der Waals surface area contributed by atoms with Gasteiger partial charge in [-0.25, -0.2) is 0 Å². The number of hydrogen-bond acceptors (Lipinski definition) is 3. The number of nitrogens with one attached hydrogen (secondary N) is 1. The van der Waals surface area contributed by atoms with Crippen LogP contribution in [-0.4, -0.2) is 16.0 Å². The molecular formula is C13H11ClN2O2. The van der Waals surface area contributed by atoms with Gasteiger partial charge in [-0.1, -0.05) is 17.7 Å². The van der Waals surface area contributed by atoms with Crippen LogP contribution in [0.4, 0.5) is 0 Å². The number of phenolic OH excluding ortho intramolecular Hbond substituents is 1. The average molecular weight is 263 g/mol. The zero-order chi connectivity index (χ0) is 13.0. The van der Waals surface area contributed by atoms with Crippen LogP contribution in [0.15, 0.2) is 42.7 Å². The van der Waals surface area contributed by atoms with Gasteiger partial charge < -0.3 is 10.4 Å². The minimum absolute atomic E-state index is 0.0412. The number of pyridine rings is 1. The second kappa shape index (κ2) is 5.51. The zero-order valence-corrected chi connectivity index (χ0v) is 10.2. The molecule has 2 N–H and O–H groups in total. The molecular weight excluding hydrogens is 252 g/mol. The third-order valence-corrected chi connectivity index (χ3v) is 2.69. The highest BCUT2D eigenvalue weighted by Crippen LogP contribution is 2.23. The largest absolute Gasteiger partial charge is 0.506 e.